The minimum Gasteiger partial charge on any atom is -0.344 e. The molecule has 0 radical (unpaired) electrons. The molecular formula is C14H26N4O. The smallest absolute Gasteiger partial charge is 0.236 e. The Morgan fingerprint density at radius 3 is 2.84 bits per heavy atom. The minimum atomic E-state index is 0.120. The van der Waals surface area contributed by atoms with Crippen molar-refractivity contribution >= 4 is 5.91 Å². The summed E-state index contributed by atoms with van der Waals surface area (Å²) in [6, 6.07) is 2.55. The Morgan fingerprint density at radius 2 is 2.26 bits per heavy atom. The van der Waals surface area contributed by atoms with Gasteiger partial charge in [0.05, 0.1) is 19.0 Å². The molecule has 0 spiro atoms. The molecule has 5 heteroatoms. The van der Waals surface area contributed by atoms with Crippen LogP contribution < -0.4 is 5.32 Å². The zero-order chi connectivity index (χ0) is 14.1. The zero-order valence-corrected chi connectivity index (χ0v) is 12.2. The van der Waals surface area contributed by atoms with Gasteiger partial charge < -0.3 is 10.2 Å². The molecule has 19 heavy (non-hydrogen) atoms. The summed E-state index contributed by atoms with van der Waals surface area (Å²) in [7, 11) is 1.78. The Labute approximate surface area is 116 Å². The van der Waals surface area contributed by atoms with Gasteiger partial charge in [-0.2, -0.15) is 5.26 Å². The van der Waals surface area contributed by atoms with E-state index < -0.39 is 0 Å². The number of nitriles is 1. The van der Waals surface area contributed by atoms with E-state index in [9.17, 15) is 4.79 Å². The lowest BCUT2D eigenvalue weighted by Gasteiger charge is -2.34. The molecule has 0 saturated carbocycles. The topological polar surface area (TPSA) is 59.4 Å². The van der Waals surface area contributed by atoms with Gasteiger partial charge in [-0.1, -0.05) is 6.92 Å². The van der Waals surface area contributed by atoms with E-state index in [1.54, 1.807) is 11.9 Å². The number of amides is 1. The zero-order valence-electron chi connectivity index (χ0n) is 12.2. The van der Waals surface area contributed by atoms with Crippen molar-refractivity contribution in [3.8, 4) is 6.07 Å². The highest BCUT2D eigenvalue weighted by Crippen LogP contribution is 2.11. The van der Waals surface area contributed by atoms with Gasteiger partial charge in [0, 0.05) is 26.2 Å². The maximum atomic E-state index is 12.1. The molecule has 1 N–H and O–H groups in total. The fourth-order valence-corrected chi connectivity index (χ4v) is 2.46. The monoisotopic (exact) mass is 266 g/mol. The van der Waals surface area contributed by atoms with E-state index in [0.717, 1.165) is 26.1 Å². The fraction of sp³-hybridized carbons (Fsp3) is 0.857. The van der Waals surface area contributed by atoms with Gasteiger partial charge in [-0.3, -0.25) is 9.69 Å². The molecule has 1 unspecified atom stereocenters. The number of rotatable bonds is 7. The molecule has 1 amide bonds. The van der Waals surface area contributed by atoms with E-state index in [1.165, 1.54) is 12.8 Å². The molecule has 108 valence electrons. The van der Waals surface area contributed by atoms with E-state index in [1.807, 2.05) is 0 Å². The number of likely N-dealkylation sites (N-methyl/N-ethyl adjacent to an activating group) is 1. The van der Waals surface area contributed by atoms with Crippen molar-refractivity contribution in [2.75, 3.05) is 39.8 Å². The predicted molar refractivity (Wildman–Crippen MR) is 75.6 cm³/mol. The molecule has 5 nitrogen and oxygen atoms in total. The first-order valence-corrected chi connectivity index (χ1v) is 7.24. The van der Waals surface area contributed by atoms with Crippen LogP contribution in [-0.2, 0) is 4.79 Å². The van der Waals surface area contributed by atoms with E-state index in [0.29, 0.717) is 25.6 Å². The normalized spacial score (nSPS) is 19.2. The summed E-state index contributed by atoms with van der Waals surface area (Å²) in [6.07, 6.45) is 3.82. The maximum Gasteiger partial charge on any atom is 0.236 e. The first kappa shape index (κ1) is 15.9. The lowest BCUT2D eigenvalue weighted by molar-refractivity contribution is -0.131. The summed E-state index contributed by atoms with van der Waals surface area (Å²) in [4.78, 5) is 16.1. The third kappa shape index (κ3) is 5.58. The lowest BCUT2D eigenvalue weighted by atomic mass is 10.1. The Bertz CT molecular complexity index is 307. The van der Waals surface area contributed by atoms with E-state index in [4.69, 9.17) is 5.26 Å². The second-order valence-electron chi connectivity index (χ2n) is 5.19. The van der Waals surface area contributed by atoms with Crippen LogP contribution in [0.2, 0.25) is 0 Å². The van der Waals surface area contributed by atoms with Crippen molar-refractivity contribution in [1.29, 1.82) is 5.26 Å². The molecule has 1 rings (SSSR count). The quantitative estimate of drug-likeness (QED) is 0.741. The van der Waals surface area contributed by atoms with Gasteiger partial charge >= 0.3 is 0 Å². The molecule has 0 aromatic rings. The Hall–Kier alpha value is -1.12. The van der Waals surface area contributed by atoms with Crippen LogP contribution in [0.4, 0.5) is 0 Å². The first-order valence-electron chi connectivity index (χ1n) is 7.24. The Morgan fingerprint density at radius 1 is 1.47 bits per heavy atom. The van der Waals surface area contributed by atoms with Crippen LogP contribution in [0.3, 0.4) is 0 Å². The summed E-state index contributed by atoms with van der Waals surface area (Å²) >= 11 is 0. The third-order valence-corrected chi connectivity index (χ3v) is 3.62. The van der Waals surface area contributed by atoms with Gasteiger partial charge in [0.25, 0.3) is 0 Å². The van der Waals surface area contributed by atoms with E-state index in [2.05, 4.69) is 23.2 Å². The van der Waals surface area contributed by atoms with Crippen LogP contribution in [0.1, 0.15) is 32.6 Å². The van der Waals surface area contributed by atoms with E-state index >= 15 is 0 Å². The van der Waals surface area contributed by atoms with Crippen molar-refractivity contribution in [2.45, 2.75) is 38.6 Å². The highest BCUT2D eigenvalue weighted by molar-refractivity contribution is 5.78. The third-order valence-electron chi connectivity index (χ3n) is 3.62. The summed E-state index contributed by atoms with van der Waals surface area (Å²) in [6.45, 7) is 6.18. The highest BCUT2D eigenvalue weighted by atomic mass is 16.2. The number of piperidine rings is 1. The maximum absolute atomic E-state index is 12.1. The number of hydrogen-bond acceptors (Lipinski definition) is 4. The highest BCUT2D eigenvalue weighted by Gasteiger charge is 2.23. The summed E-state index contributed by atoms with van der Waals surface area (Å²) in [5.74, 6) is 0.120. The van der Waals surface area contributed by atoms with Crippen LogP contribution >= 0.6 is 0 Å². The van der Waals surface area contributed by atoms with Crippen LogP contribution in [0, 0.1) is 11.3 Å². The van der Waals surface area contributed by atoms with Crippen LogP contribution in [-0.4, -0.2) is 61.5 Å². The molecule has 0 bridgehead atoms. The van der Waals surface area contributed by atoms with Crippen LogP contribution in [0.25, 0.3) is 0 Å². The van der Waals surface area contributed by atoms with Crippen LogP contribution in [0.5, 0.6) is 0 Å². The molecule has 1 saturated heterocycles. The molecule has 1 aliphatic heterocycles. The Kier molecular flexibility index (Phi) is 7.46. The van der Waals surface area contributed by atoms with Crippen LogP contribution in [0.15, 0.2) is 0 Å². The van der Waals surface area contributed by atoms with Gasteiger partial charge in [-0.15, -0.1) is 0 Å². The Balaban J connectivity index is 2.47. The molecule has 1 aliphatic rings. The number of nitrogens with zero attached hydrogens (tertiary/aromatic N) is 3. The molecule has 0 aromatic heterocycles. The number of hydrogen-bond donors (Lipinski definition) is 1. The molecule has 1 fully saturated rings. The summed E-state index contributed by atoms with van der Waals surface area (Å²) < 4.78 is 0. The molecule has 1 heterocycles. The van der Waals surface area contributed by atoms with Gasteiger partial charge in [0.1, 0.15) is 0 Å². The van der Waals surface area contributed by atoms with Crippen molar-refractivity contribution in [3.63, 3.8) is 0 Å². The van der Waals surface area contributed by atoms with Gasteiger partial charge in [-0.05, 0) is 32.4 Å². The standard InChI is InChI=1S/C14H26N4O/c1-3-9-18(13-6-4-8-16-11-13)12-14(19)17(2)10-5-7-15/h13,16H,3-6,8-12H2,1-2H3. The minimum absolute atomic E-state index is 0.120. The van der Waals surface area contributed by atoms with Crippen molar-refractivity contribution in [1.82, 2.24) is 15.1 Å². The van der Waals surface area contributed by atoms with Crippen molar-refractivity contribution in [2.24, 2.45) is 0 Å². The average molecular weight is 266 g/mol. The molecular weight excluding hydrogens is 240 g/mol. The van der Waals surface area contributed by atoms with E-state index in [-0.39, 0.29) is 5.91 Å². The summed E-state index contributed by atoms with van der Waals surface area (Å²) in [5, 5.41) is 12.0. The molecule has 0 aromatic carbocycles. The summed E-state index contributed by atoms with van der Waals surface area (Å²) in [5.41, 5.74) is 0. The predicted octanol–water partition coefficient (Wildman–Crippen LogP) is 0.822. The van der Waals surface area contributed by atoms with Gasteiger partial charge in [0.2, 0.25) is 5.91 Å². The van der Waals surface area contributed by atoms with Crippen molar-refractivity contribution in [3.05, 3.63) is 0 Å². The second kappa shape index (κ2) is 8.89. The number of carbonyl (C=O) groups excluding carboxylic acids is 1. The largest absolute Gasteiger partial charge is 0.344 e. The molecule has 0 aliphatic carbocycles. The lowest BCUT2D eigenvalue weighted by Crippen LogP contribution is -2.50. The van der Waals surface area contributed by atoms with Crippen molar-refractivity contribution < 1.29 is 4.79 Å². The number of carbonyl (C=O) groups is 1. The SMILES string of the molecule is CCCN(CC(=O)N(C)CCC#N)C1CCCNC1. The van der Waals surface area contributed by atoms with Gasteiger partial charge in [0.15, 0.2) is 0 Å². The van der Waals surface area contributed by atoms with Gasteiger partial charge in [-0.25, -0.2) is 0 Å². The second-order valence-corrected chi connectivity index (χ2v) is 5.19. The fourth-order valence-electron chi connectivity index (χ4n) is 2.46. The molecule has 1 atom stereocenters. The average Bonchev–Trinajstić information content (AvgIpc) is 2.45. The first-order chi connectivity index (χ1) is 9.19. The number of nitrogens with one attached hydrogen (secondary N) is 1.